The molecule has 2 fully saturated rings. The predicted molar refractivity (Wildman–Crippen MR) is 126 cm³/mol. The first kappa shape index (κ1) is 28.3. The molecule has 1 aromatic rings. The quantitative estimate of drug-likeness (QED) is 0.146. The van der Waals surface area contributed by atoms with Gasteiger partial charge in [-0.3, -0.25) is 0 Å². The zero-order chi connectivity index (χ0) is 27.6. The maximum atomic E-state index is 12.6. The monoisotopic (exact) mass is 540 g/mol. The van der Waals surface area contributed by atoms with E-state index in [0.717, 1.165) is 0 Å². The van der Waals surface area contributed by atoms with E-state index < -0.39 is 79.7 Å². The van der Waals surface area contributed by atoms with E-state index in [4.69, 9.17) is 23.7 Å². The molecule has 38 heavy (non-hydrogen) atoms. The summed E-state index contributed by atoms with van der Waals surface area (Å²) in [6.07, 6.45) is -4.66. The third-order valence-corrected chi connectivity index (χ3v) is 7.10. The van der Waals surface area contributed by atoms with E-state index in [0.29, 0.717) is 5.56 Å². The minimum Gasteiger partial charge on any atom is -0.504 e. The molecule has 0 bridgehead atoms. The number of aliphatic hydroxyl groups is 6. The normalized spacial score (nSPS) is 38.6. The lowest BCUT2D eigenvalue weighted by molar-refractivity contribution is -0.347. The minimum atomic E-state index is -1.81. The number of esters is 1. The Kier molecular flexibility index (Phi) is 8.59. The van der Waals surface area contributed by atoms with E-state index >= 15 is 0 Å². The van der Waals surface area contributed by atoms with Crippen molar-refractivity contribution < 1.29 is 64.2 Å². The molecule has 0 radical (unpaired) electrons. The van der Waals surface area contributed by atoms with Crippen LogP contribution >= 0.6 is 0 Å². The zero-order valence-corrected chi connectivity index (χ0v) is 20.4. The maximum absolute atomic E-state index is 12.6. The van der Waals surface area contributed by atoms with Gasteiger partial charge < -0.3 is 59.4 Å². The highest BCUT2D eigenvalue weighted by Crippen LogP contribution is 2.48. The van der Waals surface area contributed by atoms with E-state index in [1.807, 2.05) is 0 Å². The summed E-state index contributed by atoms with van der Waals surface area (Å²) in [5.74, 6) is -2.20. The number of aromatic hydroxyl groups is 1. The molecule has 1 aliphatic carbocycles. The molecule has 1 saturated heterocycles. The van der Waals surface area contributed by atoms with Gasteiger partial charge in [-0.1, -0.05) is 6.07 Å². The number of carbonyl (C=O) groups excluding carboxylic acids is 1. The largest absolute Gasteiger partial charge is 0.504 e. The molecule has 2 heterocycles. The first-order chi connectivity index (χ1) is 18.1. The van der Waals surface area contributed by atoms with E-state index in [-0.39, 0.29) is 17.9 Å². The standard InChI is InChI=1S/C25H32O13/c1-34-15-8-12(2-4-14(15)28)3-5-18(29)36-16-9-25(33,11-27)19-13(16)6-7-35-23(19)38-24-22(32)21(31)20(30)17(10-26)37-24/h2-8,13,16-17,19-24,26-28,30-33H,9-11H2,1H3/b5-3+/t13-,16+,17+,19+,20+,21-,22+,23-,24-,25+/m0/s1. The van der Waals surface area contributed by atoms with Crippen molar-refractivity contribution in [2.75, 3.05) is 20.3 Å². The van der Waals surface area contributed by atoms with Crippen LogP contribution in [0.3, 0.4) is 0 Å². The number of aliphatic hydroxyl groups excluding tert-OH is 5. The first-order valence-corrected chi connectivity index (χ1v) is 12.0. The maximum Gasteiger partial charge on any atom is 0.331 e. The highest BCUT2D eigenvalue weighted by atomic mass is 16.8. The number of fused-ring (bicyclic) bond motifs is 1. The van der Waals surface area contributed by atoms with Crippen molar-refractivity contribution in [2.45, 2.75) is 55.1 Å². The summed E-state index contributed by atoms with van der Waals surface area (Å²) in [6, 6.07) is 4.51. The Morgan fingerprint density at radius 1 is 1.16 bits per heavy atom. The van der Waals surface area contributed by atoms with Gasteiger partial charge in [-0.05, 0) is 29.8 Å². The number of methoxy groups -OCH3 is 1. The Hall–Kier alpha value is -2.75. The number of carbonyl (C=O) groups is 1. The van der Waals surface area contributed by atoms with Gasteiger partial charge in [0, 0.05) is 18.4 Å². The number of rotatable bonds is 8. The molecule has 210 valence electrons. The molecule has 1 aromatic carbocycles. The van der Waals surface area contributed by atoms with E-state index in [9.17, 15) is 40.5 Å². The van der Waals surface area contributed by atoms with Crippen LogP contribution in [0.4, 0.5) is 0 Å². The number of phenols is 1. The average molecular weight is 541 g/mol. The van der Waals surface area contributed by atoms with Crippen LogP contribution in [-0.4, -0.2) is 111 Å². The van der Waals surface area contributed by atoms with Gasteiger partial charge in [0.25, 0.3) is 0 Å². The summed E-state index contributed by atoms with van der Waals surface area (Å²) < 4.78 is 27.2. The summed E-state index contributed by atoms with van der Waals surface area (Å²) in [5.41, 5.74) is -1.25. The third-order valence-electron chi connectivity index (χ3n) is 7.10. The molecule has 7 N–H and O–H groups in total. The lowest BCUT2D eigenvalue weighted by Crippen LogP contribution is -2.61. The molecule has 13 heteroatoms. The fourth-order valence-corrected chi connectivity index (χ4v) is 5.06. The molecule has 4 rings (SSSR count). The van der Waals surface area contributed by atoms with Crippen LogP contribution < -0.4 is 4.74 Å². The van der Waals surface area contributed by atoms with Gasteiger partial charge >= 0.3 is 5.97 Å². The fourth-order valence-electron chi connectivity index (χ4n) is 5.06. The molecule has 2 aliphatic heterocycles. The smallest absolute Gasteiger partial charge is 0.331 e. The molecule has 0 aromatic heterocycles. The second-order valence-electron chi connectivity index (χ2n) is 9.48. The van der Waals surface area contributed by atoms with E-state index in [1.54, 1.807) is 12.1 Å². The Balaban J connectivity index is 1.47. The second kappa shape index (κ2) is 11.6. The third kappa shape index (κ3) is 5.51. The van der Waals surface area contributed by atoms with Crippen molar-refractivity contribution in [2.24, 2.45) is 11.8 Å². The molecule has 3 aliphatic rings. The fraction of sp³-hybridized carbons (Fsp3) is 0.560. The van der Waals surface area contributed by atoms with Crippen molar-refractivity contribution in [3.05, 3.63) is 42.2 Å². The van der Waals surface area contributed by atoms with Gasteiger partial charge in [-0.2, -0.15) is 0 Å². The summed E-state index contributed by atoms with van der Waals surface area (Å²) >= 11 is 0. The highest BCUT2D eigenvalue weighted by molar-refractivity contribution is 5.87. The summed E-state index contributed by atoms with van der Waals surface area (Å²) in [7, 11) is 1.39. The van der Waals surface area contributed by atoms with Crippen molar-refractivity contribution in [3.8, 4) is 11.5 Å². The summed E-state index contributed by atoms with van der Waals surface area (Å²) in [6.45, 7) is -1.39. The molecule has 1 saturated carbocycles. The van der Waals surface area contributed by atoms with Crippen LogP contribution in [0.5, 0.6) is 11.5 Å². The number of benzene rings is 1. The lowest BCUT2D eigenvalue weighted by Gasteiger charge is -2.43. The number of hydrogen-bond acceptors (Lipinski definition) is 13. The molecule has 0 spiro atoms. The van der Waals surface area contributed by atoms with Gasteiger partial charge in [0.2, 0.25) is 6.29 Å². The molecule has 0 unspecified atom stereocenters. The van der Waals surface area contributed by atoms with Gasteiger partial charge in [0.15, 0.2) is 17.8 Å². The van der Waals surface area contributed by atoms with Crippen LogP contribution in [0.15, 0.2) is 36.6 Å². The van der Waals surface area contributed by atoms with Gasteiger partial charge in [0.1, 0.15) is 36.1 Å². The zero-order valence-electron chi connectivity index (χ0n) is 20.4. The predicted octanol–water partition coefficient (Wildman–Crippen LogP) is -1.63. The minimum absolute atomic E-state index is 0.0562. The van der Waals surface area contributed by atoms with E-state index in [2.05, 4.69) is 0 Å². The molecular formula is C25H32O13. The average Bonchev–Trinajstić information content (AvgIpc) is 3.20. The summed E-state index contributed by atoms with van der Waals surface area (Å²) in [4.78, 5) is 12.6. The Morgan fingerprint density at radius 3 is 2.61 bits per heavy atom. The van der Waals surface area contributed by atoms with Crippen LogP contribution in [0.25, 0.3) is 6.08 Å². The van der Waals surface area contributed by atoms with E-state index in [1.165, 1.54) is 37.7 Å². The number of phenolic OH excluding ortho intramolecular Hbond substituents is 1. The molecule has 10 atom stereocenters. The van der Waals surface area contributed by atoms with Crippen LogP contribution in [0, 0.1) is 11.8 Å². The number of hydrogen-bond donors (Lipinski definition) is 7. The van der Waals surface area contributed by atoms with Gasteiger partial charge in [-0.15, -0.1) is 0 Å². The van der Waals surface area contributed by atoms with Crippen molar-refractivity contribution in [1.82, 2.24) is 0 Å². The van der Waals surface area contributed by atoms with Crippen molar-refractivity contribution in [3.63, 3.8) is 0 Å². The molecule has 13 nitrogen and oxygen atoms in total. The van der Waals surface area contributed by atoms with Crippen molar-refractivity contribution in [1.29, 1.82) is 0 Å². The Bertz CT molecular complexity index is 1040. The van der Waals surface area contributed by atoms with Crippen LogP contribution in [-0.2, 0) is 23.7 Å². The van der Waals surface area contributed by atoms with Gasteiger partial charge in [-0.25, -0.2) is 4.79 Å². The van der Waals surface area contributed by atoms with Crippen LogP contribution in [0.1, 0.15) is 12.0 Å². The topological polar surface area (TPSA) is 205 Å². The summed E-state index contributed by atoms with van der Waals surface area (Å²) in [5, 5.41) is 70.7. The SMILES string of the molecule is COc1cc(/C=C/C(=O)O[C@@H]2C[C@@](O)(CO)[C@H]3[C@H](O[C@@H]4O[C@H](CO)[C@@H](O)[C@H](O)[C@H]4O)OC=C[C@H]32)ccc1O. The Labute approximate surface area is 217 Å². The van der Waals surface area contributed by atoms with Gasteiger partial charge in [0.05, 0.1) is 32.5 Å². The number of ether oxygens (including phenoxy) is 5. The highest BCUT2D eigenvalue weighted by Gasteiger charge is 2.59. The lowest BCUT2D eigenvalue weighted by atomic mass is 9.84. The first-order valence-electron chi connectivity index (χ1n) is 12.0. The Morgan fingerprint density at radius 2 is 1.92 bits per heavy atom. The molecule has 0 amide bonds. The van der Waals surface area contributed by atoms with Crippen molar-refractivity contribution >= 4 is 12.0 Å². The second-order valence-corrected chi connectivity index (χ2v) is 9.48. The van der Waals surface area contributed by atoms with Crippen LogP contribution in [0.2, 0.25) is 0 Å². The molecular weight excluding hydrogens is 508 g/mol.